The van der Waals surface area contributed by atoms with Gasteiger partial charge in [-0.3, -0.25) is 9.69 Å². The number of rotatable bonds is 8. The largest absolute Gasteiger partial charge is 0.462 e. The van der Waals surface area contributed by atoms with Gasteiger partial charge in [-0.1, -0.05) is 13.8 Å². The fraction of sp³-hybridized carbons (Fsp3) is 0.500. The Balaban J connectivity index is 1.82. The molecule has 0 fully saturated rings. The molecule has 0 saturated carbocycles. The second-order valence-electron chi connectivity index (χ2n) is 5.17. The van der Waals surface area contributed by atoms with Gasteiger partial charge < -0.3 is 9.73 Å². The van der Waals surface area contributed by atoms with Gasteiger partial charge in [-0.2, -0.15) is 0 Å². The van der Waals surface area contributed by atoms with E-state index in [1.807, 2.05) is 17.5 Å². The minimum absolute atomic E-state index is 0.00954. The first-order valence-corrected chi connectivity index (χ1v) is 8.51. The molecule has 1 N–H and O–H groups in total. The lowest BCUT2D eigenvalue weighted by Gasteiger charge is -2.26. The van der Waals surface area contributed by atoms with E-state index in [0.717, 1.165) is 29.6 Å². The van der Waals surface area contributed by atoms with Crippen LogP contribution in [0.4, 0.5) is 0 Å². The first-order chi connectivity index (χ1) is 10.6. The number of furan rings is 1. The molecule has 1 atom stereocenters. The van der Waals surface area contributed by atoms with E-state index in [-0.39, 0.29) is 5.91 Å². The molecule has 0 saturated heterocycles. The number of carbonyl (C=O) groups excluding carboxylic acids is 1. The monoisotopic (exact) mass is 321 g/mol. The summed E-state index contributed by atoms with van der Waals surface area (Å²) in [6, 6.07) is 4.04. The van der Waals surface area contributed by atoms with Gasteiger partial charge in [-0.15, -0.1) is 11.3 Å². The molecule has 0 bridgehead atoms. The minimum Gasteiger partial charge on any atom is -0.462 e. The van der Waals surface area contributed by atoms with Gasteiger partial charge in [0, 0.05) is 18.0 Å². The van der Waals surface area contributed by atoms with Crippen LogP contribution in [-0.2, 0) is 11.2 Å². The molecular formula is C16H23N3O2S. The maximum atomic E-state index is 12.0. The number of aromatic nitrogens is 1. The summed E-state index contributed by atoms with van der Waals surface area (Å²) < 4.78 is 5.31. The molecule has 2 aromatic heterocycles. The van der Waals surface area contributed by atoms with Crippen LogP contribution in [0.25, 0.3) is 10.8 Å². The fourth-order valence-corrected chi connectivity index (χ4v) is 3.15. The molecule has 0 unspecified atom stereocenters. The number of likely N-dealkylation sites (N-methyl/N-ethyl adjacent to an activating group) is 1. The normalized spacial score (nSPS) is 12.5. The molecule has 1 amide bonds. The maximum absolute atomic E-state index is 12.0. The molecule has 22 heavy (non-hydrogen) atoms. The summed E-state index contributed by atoms with van der Waals surface area (Å²) in [7, 11) is 0. The molecule has 0 radical (unpaired) electrons. The molecule has 120 valence electrons. The Kier molecular flexibility index (Phi) is 6.15. The Morgan fingerprint density at radius 1 is 1.45 bits per heavy atom. The lowest BCUT2D eigenvalue weighted by Crippen LogP contribution is -2.42. The Labute approximate surface area is 135 Å². The van der Waals surface area contributed by atoms with E-state index in [4.69, 9.17) is 4.42 Å². The summed E-state index contributed by atoms with van der Waals surface area (Å²) in [5, 5.41) is 5.70. The molecule has 0 aliphatic rings. The lowest BCUT2D eigenvalue weighted by molar-refractivity contribution is -0.120. The quantitative estimate of drug-likeness (QED) is 0.812. The average Bonchev–Trinajstić information content (AvgIpc) is 3.17. The zero-order chi connectivity index (χ0) is 15.9. The van der Waals surface area contributed by atoms with E-state index in [2.05, 4.69) is 36.0 Å². The second-order valence-corrected chi connectivity index (χ2v) is 6.03. The highest BCUT2D eigenvalue weighted by Gasteiger charge is 2.13. The van der Waals surface area contributed by atoms with Crippen LogP contribution in [0.1, 0.15) is 26.5 Å². The topological polar surface area (TPSA) is 58.4 Å². The number of nitrogens with one attached hydrogen (secondary N) is 1. The van der Waals surface area contributed by atoms with Gasteiger partial charge in [0.15, 0.2) is 10.8 Å². The smallest absolute Gasteiger partial charge is 0.226 e. The molecule has 5 nitrogen and oxygen atoms in total. The molecule has 2 aromatic rings. The van der Waals surface area contributed by atoms with Gasteiger partial charge in [-0.05, 0) is 32.1 Å². The molecule has 6 heteroatoms. The van der Waals surface area contributed by atoms with E-state index in [1.165, 1.54) is 11.3 Å². The average molecular weight is 321 g/mol. The van der Waals surface area contributed by atoms with Gasteiger partial charge in [0.2, 0.25) is 5.91 Å². The van der Waals surface area contributed by atoms with Crippen LogP contribution >= 0.6 is 11.3 Å². The van der Waals surface area contributed by atoms with Crippen LogP contribution in [0.3, 0.4) is 0 Å². The number of thiazole rings is 1. The molecular weight excluding hydrogens is 298 g/mol. The van der Waals surface area contributed by atoms with Crippen LogP contribution in [0.15, 0.2) is 28.2 Å². The van der Waals surface area contributed by atoms with Crippen molar-refractivity contribution in [3.8, 4) is 10.8 Å². The molecule has 0 aromatic carbocycles. The van der Waals surface area contributed by atoms with Crippen LogP contribution in [0, 0.1) is 0 Å². The van der Waals surface area contributed by atoms with Crippen LogP contribution in [-0.4, -0.2) is 41.5 Å². The van der Waals surface area contributed by atoms with Crippen LogP contribution in [0.2, 0.25) is 0 Å². The van der Waals surface area contributed by atoms with E-state index in [1.54, 1.807) is 6.26 Å². The Hall–Kier alpha value is -1.66. The van der Waals surface area contributed by atoms with Crippen molar-refractivity contribution in [3.63, 3.8) is 0 Å². The summed E-state index contributed by atoms with van der Waals surface area (Å²) in [6.45, 7) is 9.04. The zero-order valence-corrected chi connectivity index (χ0v) is 14.2. The summed E-state index contributed by atoms with van der Waals surface area (Å²) in [5.74, 6) is 0.752. The van der Waals surface area contributed by atoms with E-state index >= 15 is 0 Å². The first-order valence-electron chi connectivity index (χ1n) is 7.63. The van der Waals surface area contributed by atoms with Crippen molar-refractivity contribution in [2.75, 3.05) is 19.6 Å². The van der Waals surface area contributed by atoms with Gasteiger partial charge in [-0.25, -0.2) is 4.98 Å². The molecule has 0 aliphatic carbocycles. The maximum Gasteiger partial charge on any atom is 0.226 e. The molecule has 2 rings (SSSR count). The number of hydrogen-bond donors (Lipinski definition) is 1. The van der Waals surface area contributed by atoms with E-state index in [0.29, 0.717) is 19.0 Å². The number of hydrogen-bond acceptors (Lipinski definition) is 5. The zero-order valence-electron chi connectivity index (χ0n) is 13.3. The van der Waals surface area contributed by atoms with Gasteiger partial charge in [0.05, 0.1) is 18.4 Å². The van der Waals surface area contributed by atoms with Crippen molar-refractivity contribution >= 4 is 17.2 Å². The fourth-order valence-electron chi connectivity index (χ4n) is 2.37. The van der Waals surface area contributed by atoms with Crippen molar-refractivity contribution in [2.45, 2.75) is 33.2 Å². The van der Waals surface area contributed by atoms with Crippen molar-refractivity contribution in [1.29, 1.82) is 0 Å². The molecule has 0 aliphatic heterocycles. The summed E-state index contributed by atoms with van der Waals surface area (Å²) in [5.41, 5.74) is 0.782. The highest BCUT2D eigenvalue weighted by atomic mass is 32.1. The predicted octanol–water partition coefficient (Wildman–Crippen LogP) is 2.79. The molecule has 2 heterocycles. The SMILES string of the molecule is CCN(CC)[C@@H](C)CNC(=O)Cc1csc(-c2ccco2)n1. The third-order valence-corrected chi connectivity index (χ3v) is 4.56. The van der Waals surface area contributed by atoms with Gasteiger partial charge in [0.1, 0.15) is 0 Å². The highest BCUT2D eigenvalue weighted by molar-refractivity contribution is 7.13. The highest BCUT2D eigenvalue weighted by Crippen LogP contribution is 2.23. The third kappa shape index (κ3) is 4.42. The van der Waals surface area contributed by atoms with Crippen LogP contribution in [0.5, 0.6) is 0 Å². The van der Waals surface area contributed by atoms with E-state index < -0.39 is 0 Å². The number of nitrogens with zero attached hydrogens (tertiary/aromatic N) is 2. The summed E-state index contributed by atoms with van der Waals surface area (Å²) in [4.78, 5) is 18.8. The predicted molar refractivity (Wildman–Crippen MR) is 88.9 cm³/mol. The summed E-state index contributed by atoms with van der Waals surface area (Å²) >= 11 is 1.49. The van der Waals surface area contributed by atoms with Crippen molar-refractivity contribution in [3.05, 3.63) is 29.5 Å². The van der Waals surface area contributed by atoms with Crippen molar-refractivity contribution in [1.82, 2.24) is 15.2 Å². The third-order valence-electron chi connectivity index (χ3n) is 3.66. The minimum atomic E-state index is 0.00954. The Bertz CT molecular complexity index is 576. The van der Waals surface area contributed by atoms with Gasteiger partial charge >= 0.3 is 0 Å². The second kappa shape index (κ2) is 8.10. The first kappa shape index (κ1) is 16.7. The van der Waals surface area contributed by atoms with Crippen molar-refractivity contribution in [2.24, 2.45) is 0 Å². The van der Waals surface area contributed by atoms with Crippen molar-refractivity contribution < 1.29 is 9.21 Å². The lowest BCUT2D eigenvalue weighted by atomic mass is 10.2. The Morgan fingerprint density at radius 2 is 2.23 bits per heavy atom. The summed E-state index contributed by atoms with van der Waals surface area (Å²) in [6.07, 6.45) is 1.93. The van der Waals surface area contributed by atoms with Gasteiger partial charge in [0.25, 0.3) is 0 Å². The standard InChI is InChI=1S/C16H23N3O2S/c1-4-19(5-2)12(3)10-17-15(20)9-13-11-22-16(18-13)14-7-6-8-21-14/h6-8,11-12H,4-5,9-10H2,1-3H3,(H,17,20)/t12-/m0/s1. The number of amides is 1. The Morgan fingerprint density at radius 3 is 2.86 bits per heavy atom. The molecule has 0 spiro atoms. The van der Waals surface area contributed by atoms with Crippen LogP contribution < -0.4 is 5.32 Å². The number of carbonyl (C=O) groups is 1. The van der Waals surface area contributed by atoms with E-state index in [9.17, 15) is 4.79 Å².